The van der Waals surface area contributed by atoms with Gasteiger partial charge in [-0.2, -0.15) is 9.29 Å². The second-order valence-electron chi connectivity index (χ2n) is 7.56. The normalized spacial score (nSPS) is 17.9. The van der Waals surface area contributed by atoms with E-state index in [1.807, 2.05) is 0 Å². The van der Waals surface area contributed by atoms with Gasteiger partial charge in [-0.05, 0) is 18.9 Å². The summed E-state index contributed by atoms with van der Waals surface area (Å²) < 4.78 is 38.4. The van der Waals surface area contributed by atoms with E-state index in [0.717, 1.165) is 32.1 Å². The molecule has 1 saturated carbocycles. The molecule has 1 amide bonds. The highest BCUT2D eigenvalue weighted by Crippen LogP contribution is 2.40. The maximum Gasteiger partial charge on any atom is 0.265 e. The molecule has 2 aromatic rings. The summed E-state index contributed by atoms with van der Waals surface area (Å²) in [4.78, 5) is 17.9. The van der Waals surface area contributed by atoms with E-state index >= 15 is 0 Å². The molecule has 9 nitrogen and oxygen atoms in total. The molecule has 2 aliphatic rings. The molecular formula is C19H23ClN4O5S. The number of anilines is 1. The average molecular weight is 455 g/mol. The molecule has 2 heterocycles. The Hall–Kier alpha value is -2.17. The summed E-state index contributed by atoms with van der Waals surface area (Å²) in [5.41, 5.74) is 0.373. The molecule has 1 fully saturated rings. The lowest BCUT2D eigenvalue weighted by molar-refractivity contribution is -0.121. The van der Waals surface area contributed by atoms with Crippen LogP contribution in [0.15, 0.2) is 21.6 Å². The molecule has 0 saturated heterocycles. The van der Waals surface area contributed by atoms with Crippen molar-refractivity contribution in [2.75, 3.05) is 18.6 Å². The predicted octanol–water partition coefficient (Wildman–Crippen LogP) is 2.91. The molecule has 1 aliphatic carbocycles. The van der Waals surface area contributed by atoms with Crippen molar-refractivity contribution < 1.29 is 22.5 Å². The molecule has 4 rings (SSSR count). The quantitative estimate of drug-likeness (QED) is 0.683. The minimum atomic E-state index is -3.81. The Morgan fingerprint density at radius 1 is 1.27 bits per heavy atom. The zero-order valence-corrected chi connectivity index (χ0v) is 18.4. The van der Waals surface area contributed by atoms with Gasteiger partial charge in [-0.1, -0.05) is 36.0 Å². The van der Waals surface area contributed by atoms with Gasteiger partial charge >= 0.3 is 0 Å². The van der Waals surface area contributed by atoms with Crippen LogP contribution in [0.5, 0.6) is 5.75 Å². The summed E-state index contributed by atoms with van der Waals surface area (Å²) in [5, 5.41) is 3.85. The van der Waals surface area contributed by atoms with E-state index in [9.17, 15) is 13.2 Å². The molecule has 0 atom stereocenters. The number of hydrogen-bond acceptors (Lipinski definition) is 7. The van der Waals surface area contributed by atoms with Gasteiger partial charge in [-0.3, -0.25) is 9.69 Å². The summed E-state index contributed by atoms with van der Waals surface area (Å²) in [6.45, 7) is 1.50. The minimum absolute atomic E-state index is 0.0271. The van der Waals surface area contributed by atoms with Gasteiger partial charge in [0.25, 0.3) is 5.91 Å². The monoisotopic (exact) mass is 454 g/mol. The number of benzene rings is 1. The fourth-order valence-electron chi connectivity index (χ4n) is 3.92. The number of sulfonamides is 1. The van der Waals surface area contributed by atoms with Crippen LogP contribution in [0, 0.1) is 6.92 Å². The molecule has 1 aromatic carbocycles. The summed E-state index contributed by atoms with van der Waals surface area (Å²) >= 11 is 6.40. The number of ether oxygens (including phenoxy) is 1. The number of nitrogens with zero attached hydrogens (tertiary/aromatic N) is 4. The summed E-state index contributed by atoms with van der Waals surface area (Å²) in [6, 6.07) is 2.80. The lowest BCUT2D eigenvalue weighted by Crippen LogP contribution is -2.40. The summed E-state index contributed by atoms with van der Waals surface area (Å²) in [5.74, 6) is 0.681. The van der Waals surface area contributed by atoms with Gasteiger partial charge < -0.3 is 9.26 Å². The van der Waals surface area contributed by atoms with Crippen LogP contribution in [0.4, 0.5) is 5.69 Å². The number of aryl methyl sites for hydroxylation is 1. The van der Waals surface area contributed by atoms with Crippen molar-refractivity contribution in [1.29, 1.82) is 0 Å². The van der Waals surface area contributed by atoms with E-state index < -0.39 is 10.0 Å². The van der Waals surface area contributed by atoms with E-state index in [-0.39, 0.29) is 40.8 Å². The number of aromatic nitrogens is 2. The van der Waals surface area contributed by atoms with Gasteiger partial charge in [-0.15, -0.1) is 0 Å². The molecule has 0 radical (unpaired) electrons. The van der Waals surface area contributed by atoms with Gasteiger partial charge in [0, 0.05) is 26.1 Å². The van der Waals surface area contributed by atoms with Crippen molar-refractivity contribution in [2.45, 2.75) is 56.5 Å². The van der Waals surface area contributed by atoms with Gasteiger partial charge in [0.15, 0.2) is 12.4 Å². The zero-order valence-electron chi connectivity index (χ0n) is 16.8. The zero-order chi connectivity index (χ0) is 21.5. The predicted molar refractivity (Wildman–Crippen MR) is 109 cm³/mol. The van der Waals surface area contributed by atoms with Crippen molar-refractivity contribution >= 4 is 33.2 Å². The summed E-state index contributed by atoms with van der Waals surface area (Å²) in [7, 11) is -2.22. The third kappa shape index (κ3) is 3.91. The van der Waals surface area contributed by atoms with Crippen LogP contribution in [0.2, 0.25) is 5.02 Å². The van der Waals surface area contributed by atoms with Crippen LogP contribution < -0.4 is 9.64 Å². The van der Waals surface area contributed by atoms with E-state index in [0.29, 0.717) is 17.4 Å². The first-order valence-electron chi connectivity index (χ1n) is 9.81. The molecule has 0 spiro atoms. The molecule has 30 heavy (non-hydrogen) atoms. The van der Waals surface area contributed by atoms with Crippen LogP contribution in [-0.4, -0.2) is 48.5 Å². The third-order valence-electron chi connectivity index (χ3n) is 5.57. The number of rotatable bonds is 5. The second kappa shape index (κ2) is 8.16. The molecule has 162 valence electrons. The lowest BCUT2D eigenvalue weighted by Gasteiger charge is -2.32. The first-order valence-corrected chi connectivity index (χ1v) is 11.6. The van der Waals surface area contributed by atoms with Gasteiger partial charge in [0.1, 0.15) is 10.6 Å². The number of fused-ring (bicyclic) bond motifs is 1. The Labute approximate surface area is 180 Å². The maximum atomic E-state index is 13.3. The fraction of sp³-hybridized carbons (Fsp3) is 0.526. The molecule has 0 bridgehead atoms. The van der Waals surface area contributed by atoms with Crippen molar-refractivity contribution in [3.8, 4) is 5.75 Å². The fourth-order valence-corrected chi connectivity index (χ4v) is 5.84. The minimum Gasteiger partial charge on any atom is -0.482 e. The smallest absolute Gasteiger partial charge is 0.265 e. The number of amides is 1. The average Bonchev–Trinajstić information content (AvgIpc) is 3.14. The van der Waals surface area contributed by atoms with Crippen LogP contribution >= 0.6 is 11.6 Å². The Morgan fingerprint density at radius 2 is 2.00 bits per heavy atom. The standard InChI is InChI=1S/C19H23ClN4O5S/c1-12-21-18(22-29-12)10-24-15-8-14(20)17(9-16(15)28-11-19(24)25)30(26,27)23(2)13-6-4-3-5-7-13/h8-9,13H,3-7,10-11H2,1-2H3. The van der Waals surface area contributed by atoms with Crippen molar-refractivity contribution in [3.05, 3.63) is 28.9 Å². The van der Waals surface area contributed by atoms with Crippen molar-refractivity contribution in [2.24, 2.45) is 0 Å². The maximum absolute atomic E-state index is 13.3. The molecule has 0 unspecified atom stereocenters. The van der Waals surface area contributed by atoms with Gasteiger partial charge in [0.2, 0.25) is 15.9 Å². The number of carbonyl (C=O) groups excluding carboxylic acids is 1. The van der Waals surface area contributed by atoms with Gasteiger partial charge in [-0.25, -0.2) is 8.42 Å². The van der Waals surface area contributed by atoms with Crippen LogP contribution in [0.1, 0.15) is 43.8 Å². The molecule has 1 aromatic heterocycles. The topological polar surface area (TPSA) is 106 Å². The van der Waals surface area contributed by atoms with Crippen LogP contribution in [-0.2, 0) is 21.4 Å². The Morgan fingerprint density at radius 3 is 2.67 bits per heavy atom. The highest BCUT2D eigenvalue weighted by molar-refractivity contribution is 7.89. The summed E-state index contributed by atoms with van der Waals surface area (Å²) in [6.07, 6.45) is 4.82. The number of halogens is 1. The van der Waals surface area contributed by atoms with E-state index in [4.69, 9.17) is 20.9 Å². The Balaban J connectivity index is 1.67. The highest BCUT2D eigenvalue weighted by Gasteiger charge is 2.34. The largest absolute Gasteiger partial charge is 0.482 e. The van der Waals surface area contributed by atoms with E-state index in [1.165, 1.54) is 21.3 Å². The Bertz CT molecular complexity index is 1060. The SMILES string of the molecule is Cc1nc(CN2C(=O)COc3cc(S(=O)(=O)N(C)C4CCCCC4)c(Cl)cc32)no1. The first-order chi connectivity index (χ1) is 14.3. The molecular weight excluding hydrogens is 432 g/mol. The van der Waals surface area contributed by atoms with E-state index in [2.05, 4.69) is 10.1 Å². The molecule has 11 heteroatoms. The van der Waals surface area contributed by atoms with E-state index in [1.54, 1.807) is 14.0 Å². The highest BCUT2D eigenvalue weighted by atomic mass is 35.5. The number of carbonyl (C=O) groups is 1. The Kier molecular flexibility index (Phi) is 5.73. The second-order valence-corrected chi connectivity index (χ2v) is 9.93. The lowest BCUT2D eigenvalue weighted by atomic mass is 9.96. The third-order valence-corrected chi connectivity index (χ3v) is 7.95. The van der Waals surface area contributed by atoms with Crippen molar-refractivity contribution in [1.82, 2.24) is 14.4 Å². The van der Waals surface area contributed by atoms with Crippen LogP contribution in [0.3, 0.4) is 0 Å². The number of hydrogen-bond donors (Lipinski definition) is 0. The van der Waals surface area contributed by atoms with Gasteiger partial charge in [0.05, 0.1) is 17.3 Å². The first kappa shape index (κ1) is 21.1. The molecule has 1 aliphatic heterocycles. The van der Waals surface area contributed by atoms with Crippen molar-refractivity contribution in [3.63, 3.8) is 0 Å². The molecule has 0 N–H and O–H groups in total. The van der Waals surface area contributed by atoms with Crippen LogP contribution in [0.25, 0.3) is 0 Å².